The zero-order chi connectivity index (χ0) is 12.7. The summed E-state index contributed by atoms with van der Waals surface area (Å²) in [6, 6.07) is 9.19. The van der Waals surface area contributed by atoms with E-state index < -0.39 is 0 Å². The van der Waals surface area contributed by atoms with Crippen LogP contribution >= 0.6 is 0 Å². The monoisotopic (exact) mass is 229 g/mol. The molecule has 0 N–H and O–H groups in total. The van der Waals surface area contributed by atoms with Crippen molar-refractivity contribution in [3.63, 3.8) is 0 Å². The molecule has 0 bridgehead atoms. The normalized spacial score (nSPS) is 10.2. The van der Waals surface area contributed by atoms with Gasteiger partial charge in [-0.1, -0.05) is 44.9 Å². The number of hydrogen-bond donors (Lipinski definition) is 0. The van der Waals surface area contributed by atoms with E-state index in [0.29, 0.717) is 11.1 Å². The van der Waals surface area contributed by atoms with Gasteiger partial charge in [-0.3, -0.25) is 4.79 Å². The molecule has 0 heterocycles. The Morgan fingerprint density at radius 2 is 1.82 bits per heavy atom. The molecule has 0 aliphatic heterocycles. The topological polar surface area (TPSA) is 40.9 Å². The quantitative estimate of drug-likeness (QED) is 0.693. The predicted molar refractivity (Wildman–Crippen MR) is 68.8 cm³/mol. The minimum atomic E-state index is 0.0690. The van der Waals surface area contributed by atoms with E-state index in [9.17, 15) is 4.79 Å². The molecular weight excluding hydrogens is 210 g/mol. The second-order valence-corrected chi connectivity index (χ2v) is 4.30. The van der Waals surface area contributed by atoms with Crippen molar-refractivity contribution >= 4 is 5.78 Å². The third-order valence-electron chi connectivity index (χ3n) is 2.96. The van der Waals surface area contributed by atoms with Crippen molar-refractivity contribution in [3.05, 3.63) is 35.4 Å². The highest BCUT2D eigenvalue weighted by Gasteiger charge is 2.20. The fourth-order valence-corrected chi connectivity index (χ4v) is 2.12. The Labute approximate surface area is 103 Å². The molecule has 1 rings (SSSR count). The Balaban J connectivity index is 2.97. The maximum atomic E-state index is 12.4. The number of nitriles is 1. The van der Waals surface area contributed by atoms with Gasteiger partial charge in [-0.2, -0.15) is 5.26 Å². The summed E-state index contributed by atoms with van der Waals surface area (Å²) in [5, 5.41) is 9.01. The van der Waals surface area contributed by atoms with Crippen LogP contribution in [-0.2, 0) is 0 Å². The molecule has 0 atom stereocenters. The van der Waals surface area contributed by atoms with Crippen LogP contribution in [0.4, 0.5) is 0 Å². The number of benzene rings is 1. The smallest absolute Gasteiger partial charge is 0.167 e. The fraction of sp³-hybridized carbons (Fsp3) is 0.467. The number of nitrogens with zero attached hydrogens (tertiary/aromatic N) is 1. The van der Waals surface area contributed by atoms with Gasteiger partial charge in [0.1, 0.15) is 0 Å². The van der Waals surface area contributed by atoms with Crippen molar-refractivity contribution in [1.29, 1.82) is 5.26 Å². The fourth-order valence-electron chi connectivity index (χ4n) is 2.12. The highest BCUT2D eigenvalue weighted by atomic mass is 16.1. The zero-order valence-electron chi connectivity index (χ0n) is 10.6. The average molecular weight is 229 g/mol. The third-order valence-corrected chi connectivity index (χ3v) is 2.96. The number of rotatable bonds is 6. The van der Waals surface area contributed by atoms with Gasteiger partial charge in [0.25, 0.3) is 0 Å². The van der Waals surface area contributed by atoms with Crippen molar-refractivity contribution in [3.8, 4) is 6.07 Å². The SMILES string of the molecule is CCCC(CCC)C(=O)c1ccccc1C#N. The van der Waals surface area contributed by atoms with Crippen LogP contribution in [0.2, 0.25) is 0 Å². The molecule has 0 fully saturated rings. The molecule has 90 valence electrons. The lowest BCUT2D eigenvalue weighted by Gasteiger charge is -2.14. The van der Waals surface area contributed by atoms with Crippen molar-refractivity contribution in [2.45, 2.75) is 39.5 Å². The average Bonchev–Trinajstić information content (AvgIpc) is 2.37. The summed E-state index contributed by atoms with van der Waals surface area (Å²) in [6.07, 6.45) is 3.83. The summed E-state index contributed by atoms with van der Waals surface area (Å²) >= 11 is 0. The predicted octanol–water partition coefficient (Wildman–Crippen LogP) is 3.96. The standard InChI is InChI=1S/C15H19NO/c1-3-7-12(8-4-2)15(17)14-10-6-5-9-13(14)11-16/h5-6,9-10,12H,3-4,7-8H2,1-2H3. The molecular formula is C15H19NO. The van der Waals surface area contributed by atoms with E-state index in [2.05, 4.69) is 19.9 Å². The van der Waals surface area contributed by atoms with E-state index in [-0.39, 0.29) is 11.7 Å². The molecule has 0 aromatic heterocycles. The molecule has 0 radical (unpaired) electrons. The van der Waals surface area contributed by atoms with Gasteiger partial charge >= 0.3 is 0 Å². The second kappa shape index (κ2) is 6.85. The van der Waals surface area contributed by atoms with Gasteiger partial charge in [0.05, 0.1) is 11.6 Å². The van der Waals surface area contributed by atoms with Gasteiger partial charge < -0.3 is 0 Å². The van der Waals surface area contributed by atoms with Crippen LogP contribution in [0.3, 0.4) is 0 Å². The molecule has 2 nitrogen and oxygen atoms in total. The Bertz CT molecular complexity index is 411. The first-order valence-corrected chi connectivity index (χ1v) is 6.27. The van der Waals surface area contributed by atoms with Crippen LogP contribution < -0.4 is 0 Å². The molecule has 17 heavy (non-hydrogen) atoms. The Kier molecular flexibility index (Phi) is 5.42. The van der Waals surface area contributed by atoms with Crippen LogP contribution in [0.15, 0.2) is 24.3 Å². The first-order chi connectivity index (χ1) is 8.24. The third kappa shape index (κ3) is 3.42. The molecule has 0 spiro atoms. The highest BCUT2D eigenvalue weighted by Crippen LogP contribution is 2.21. The highest BCUT2D eigenvalue weighted by molar-refractivity contribution is 5.99. The largest absolute Gasteiger partial charge is 0.294 e. The minimum absolute atomic E-state index is 0.0690. The lowest BCUT2D eigenvalue weighted by atomic mass is 9.88. The summed E-state index contributed by atoms with van der Waals surface area (Å²) < 4.78 is 0. The van der Waals surface area contributed by atoms with E-state index in [1.165, 1.54) is 0 Å². The van der Waals surface area contributed by atoms with Crippen molar-refractivity contribution in [1.82, 2.24) is 0 Å². The summed E-state index contributed by atoms with van der Waals surface area (Å²) in [4.78, 5) is 12.4. The van der Waals surface area contributed by atoms with Gasteiger partial charge in [0, 0.05) is 11.5 Å². The van der Waals surface area contributed by atoms with Crippen LogP contribution in [0, 0.1) is 17.2 Å². The van der Waals surface area contributed by atoms with Gasteiger partial charge in [-0.05, 0) is 18.9 Å². The van der Waals surface area contributed by atoms with E-state index in [1.807, 2.05) is 6.07 Å². The molecule has 0 aliphatic rings. The van der Waals surface area contributed by atoms with Gasteiger partial charge in [0.2, 0.25) is 0 Å². The summed E-state index contributed by atoms with van der Waals surface area (Å²) in [5.41, 5.74) is 1.08. The maximum Gasteiger partial charge on any atom is 0.167 e. The maximum absolute atomic E-state index is 12.4. The lowest BCUT2D eigenvalue weighted by Crippen LogP contribution is -2.15. The summed E-state index contributed by atoms with van der Waals surface area (Å²) in [5.74, 6) is 0.199. The molecule has 1 aromatic carbocycles. The minimum Gasteiger partial charge on any atom is -0.294 e. The van der Waals surface area contributed by atoms with E-state index in [4.69, 9.17) is 5.26 Å². The summed E-state index contributed by atoms with van der Waals surface area (Å²) in [7, 11) is 0. The number of carbonyl (C=O) groups is 1. The Morgan fingerprint density at radius 3 is 2.35 bits per heavy atom. The van der Waals surface area contributed by atoms with Gasteiger partial charge in [-0.15, -0.1) is 0 Å². The second-order valence-electron chi connectivity index (χ2n) is 4.30. The molecule has 2 heteroatoms. The zero-order valence-corrected chi connectivity index (χ0v) is 10.6. The first-order valence-electron chi connectivity index (χ1n) is 6.27. The molecule has 1 aromatic rings. The lowest BCUT2D eigenvalue weighted by molar-refractivity contribution is 0.0904. The van der Waals surface area contributed by atoms with Crippen LogP contribution in [0.25, 0.3) is 0 Å². The molecule has 0 amide bonds. The molecule has 0 unspecified atom stereocenters. The Morgan fingerprint density at radius 1 is 1.24 bits per heavy atom. The molecule has 0 aliphatic carbocycles. The van der Waals surface area contributed by atoms with Gasteiger partial charge in [0.15, 0.2) is 5.78 Å². The first kappa shape index (κ1) is 13.4. The van der Waals surface area contributed by atoms with Crippen molar-refractivity contribution < 1.29 is 4.79 Å². The number of hydrogen-bond acceptors (Lipinski definition) is 2. The summed E-state index contributed by atoms with van der Waals surface area (Å²) in [6.45, 7) is 4.18. The van der Waals surface area contributed by atoms with Gasteiger partial charge in [-0.25, -0.2) is 0 Å². The van der Waals surface area contributed by atoms with Crippen molar-refractivity contribution in [2.75, 3.05) is 0 Å². The number of Topliss-reactive ketones (excluding diaryl/α,β-unsaturated/α-hetero) is 1. The van der Waals surface area contributed by atoms with Crippen LogP contribution in [0.1, 0.15) is 55.5 Å². The van der Waals surface area contributed by atoms with E-state index >= 15 is 0 Å². The van der Waals surface area contributed by atoms with E-state index in [1.54, 1.807) is 18.2 Å². The molecule has 0 saturated carbocycles. The number of carbonyl (C=O) groups excluding carboxylic acids is 1. The Hall–Kier alpha value is -1.62. The van der Waals surface area contributed by atoms with Crippen LogP contribution in [-0.4, -0.2) is 5.78 Å². The van der Waals surface area contributed by atoms with E-state index in [0.717, 1.165) is 25.7 Å². The number of ketones is 1. The molecule has 0 saturated heterocycles. The van der Waals surface area contributed by atoms with Crippen molar-refractivity contribution in [2.24, 2.45) is 5.92 Å². The van der Waals surface area contributed by atoms with Crippen LogP contribution in [0.5, 0.6) is 0 Å².